The summed E-state index contributed by atoms with van der Waals surface area (Å²) in [6.45, 7) is -0.287. The second-order valence-corrected chi connectivity index (χ2v) is 6.32. The molecule has 0 bridgehead atoms. The van der Waals surface area contributed by atoms with E-state index in [0.717, 1.165) is 17.5 Å². The summed E-state index contributed by atoms with van der Waals surface area (Å²) in [6.07, 6.45) is 1.91. The lowest BCUT2D eigenvalue weighted by Crippen LogP contribution is -2.44. The van der Waals surface area contributed by atoms with Gasteiger partial charge >= 0.3 is 5.97 Å². The van der Waals surface area contributed by atoms with Crippen molar-refractivity contribution in [1.29, 1.82) is 0 Å². The zero-order valence-corrected chi connectivity index (χ0v) is 14.7. The standard InChI is InChI=1S/C21H25NO4/c23-14-13-19(21(25)26)22-20(24)18(15-17-9-5-2-6-10-17)12-11-16-7-3-1-4-8-16/h1-10,18-19,23H,11-15H2,(H,22,24)(H,25,26)/t18?,19-/m0/s1. The summed E-state index contributed by atoms with van der Waals surface area (Å²) in [4.78, 5) is 24.0. The zero-order chi connectivity index (χ0) is 18.8. The van der Waals surface area contributed by atoms with E-state index in [1.54, 1.807) is 0 Å². The minimum atomic E-state index is -1.13. The van der Waals surface area contributed by atoms with Crippen molar-refractivity contribution in [2.75, 3.05) is 6.61 Å². The third kappa shape index (κ3) is 6.33. The normalized spacial score (nSPS) is 13.0. The van der Waals surface area contributed by atoms with Crippen molar-refractivity contribution in [3.05, 3.63) is 71.8 Å². The number of carboxylic acids is 1. The molecule has 0 aliphatic carbocycles. The van der Waals surface area contributed by atoms with Gasteiger partial charge in [0.2, 0.25) is 5.91 Å². The minimum absolute atomic E-state index is 0.00217. The molecular formula is C21H25NO4. The van der Waals surface area contributed by atoms with Gasteiger partial charge in [0.1, 0.15) is 6.04 Å². The molecule has 0 radical (unpaired) electrons. The lowest BCUT2D eigenvalue weighted by molar-refractivity contribution is -0.143. The van der Waals surface area contributed by atoms with Crippen molar-refractivity contribution in [3.8, 4) is 0 Å². The van der Waals surface area contributed by atoms with Gasteiger partial charge in [0.25, 0.3) is 0 Å². The number of aryl methyl sites for hydroxylation is 1. The fraction of sp³-hybridized carbons (Fsp3) is 0.333. The van der Waals surface area contributed by atoms with Gasteiger partial charge in [-0.3, -0.25) is 4.79 Å². The second kappa shape index (κ2) is 10.4. The fourth-order valence-corrected chi connectivity index (χ4v) is 2.89. The number of amides is 1. The van der Waals surface area contributed by atoms with Crippen molar-refractivity contribution in [1.82, 2.24) is 5.32 Å². The molecule has 0 fully saturated rings. The number of rotatable bonds is 10. The summed E-state index contributed by atoms with van der Waals surface area (Å²) in [5.74, 6) is -1.75. The van der Waals surface area contributed by atoms with Crippen LogP contribution in [0.15, 0.2) is 60.7 Å². The van der Waals surface area contributed by atoms with Crippen LogP contribution < -0.4 is 5.32 Å². The van der Waals surface area contributed by atoms with E-state index >= 15 is 0 Å². The van der Waals surface area contributed by atoms with Crippen molar-refractivity contribution in [2.24, 2.45) is 5.92 Å². The molecule has 0 heterocycles. The molecule has 3 N–H and O–H groups in total. The van der Waals surface area contributed by atoms with E-state index in [0.29, 0.717) is 12.8 Å². The summed E-state index contributed by atoms with van der Waals surface area (Å²) in [5.41, 5.74) is 2.18. The topological polar surface area (TPSA) is 86.6 Å². The van der Waals surface area contributed by atoms with E-state index in [1.165, 1.54) is 0 Å². The smallest absolute Gasteiger partial charge is 0.326 e. The average molecular weight is 355 g/mol. The van der Waals surface area contributed by atoms with Crippen molar-refractivity contribution in [2.45, 2.75) is 31.7 Å². The van der Waals surface area contributed by atoms with Crippen LogP contribution in [0.4, 0.5) is 0 Å². The van der Waals surface area contributed by atoms with E-state index in [1.807, 2.05) is 60.7 Å². The lowest BCUT2D eigenvalue weighted by atomic mass is 9.91. The highest BCUT2D eigenvalue weighted by molar-refractivity contribution is 5.85. The van der Waals surface area contributed by atoms with E-state index in [9.17, 15) is 14.7 Å². The van der Waals surface area contributed by atoms with Crippen LogP contribution in [0.1, 0.15) is 24.0 Å². The average Bonchev–Trinajstić information content (AvgIpc) is 2.66. The van der Waals surface area contributed by atoms with E-state index < -0.39 is 12.0 Å². The van der Waals surface area contributed by atoms with Gasteiger partial charge in [0.05, 0.1) is 0 Å². The van der Waals surface area contributed by atoms with E-state index in [-0.39, 0.29) is 24.9 Å². The molecule has 2 aromatic rings. The molecule has 138 valence electrons. The van der Waals surface area contributed by atoms with Crippen LogP contribution in [0.3, 0.4) is 0 Å². The van der Waals surface area contributed by atoms with Gasteiger partial charge in [0.15, 0.2) is 0 Å². The highest BCUT2D eigenvalue weighted by Gasteiger charge is 2.25. The summed E-state index contributed by atoms with van der Waals surface area (Å²) in [7, 11) is 0. The van der Waals surface area contributed by atoms with Crippen LogP contribution in [0.5, 0.6) is 0 Å². The molecule has 1 amide bonds. The first-order valence-electron chi connectivity index (χ1n) is 8.82. The molecule has 5 nitrogen and oxygen atoms in total. The Labute approximate surface area is 153 Å². The Balaban J connectivity index is 2.07. The summed E-state index contributed by atoms with van der Waals surface area (Å²) in [6, 6.07) is 18.5. The van der Waals surface area contributed by atoms with E-state index in [2.05, 4.69) is 5.32 Å². The number of benzene rings is 2. The number of hydrogen-bond donors (Lipinski definition) is 3. The molecule has 0 saturated heterocycles. The number of aliphatic hydroxyl groups excluding tert-OH is 1. The number of nitrogens with one attached hydrogen (secondary N) is 1. The Morgan fingerprint density at radius 3 is 2.00 bits per heavy atom. The molecule has 0 spiro atoms. The highest BCUT2D eigenvalue weighted by atomic mass is 16.4. The summed E-state index contributed by atoms with van der Waals surface area (Å²) in [5, 5.41) is 20.8. The Kier molecular flexibility index (Phi) is 7.83. The predicted molar refractivity (Wildman–Crippen MR) is 99.7 cm³/mol. The van der Waals surface area contributed by atoms with Crippen molar-refractivity contribution >= 4 is 11.9 Å². The first kappa shape index (κ1) is 19.7. The van der Waals surface area contributed by atoms with E-state index in [4.69, 9.17) is 5.11 Å². The van der Waals surface area contributed by atoms with Crippen LogP contribution in [-0.4, -0.2) is 34.7 Å². The van der Waals surface area contributed by atoms with Crippen LogP contribution in [0, 0.1) is 5.92 Å². The first-order valence-corrected chi connectivity index (χ1v) is 8.82. The molecule has 2 atom stereocenters. The molecule has 26 heavy (non-hydrogen) atoms. The predicted octanol–water partition coefficient (Wildman–Crippen LogP) is 2.43. The molecule has 5 heteroatoms. The van der Waals surface area contributed by atoms with Gasteiger partial charge < -0.3 is 15.5 Å². The van der Waals surface area contributed by atoms with Crippen LogP contribution in [-0.2, 0) is 22.4 Å². The first-order chi connectivity index (χ1) is 12.6. The molecule has 0 aliphatic heterocycles. The van der Waals surface area contributed by atoms with Gasteiger partial charge in [0, 0.05) is 18.9 Å². The number of hydrogen-bond acceptors (Lipinski definition) is 3. The number of carbonyl (C=O) groups excluding carboxylic acids is 1. The molecular weight excluding hydrogens is 330 g/mol. The maximum absolute atomic E-state index is 12.7. The maximum atomic E-state index is 12.7. The second-order valence-electron chi connectivity index (χ2n) is 6.32. The zero-order valence-electron chi connectivity index (χ0n) is 14.7. The van der Waals surface area contributed by atoms with Gasteiger partial charge in [-0.05, 0) is 30.4 Å². The van der Waals surface area contributed by atoms with Gasteiger partial charge in [-0.15, -0.1) is 0 Å². The van der Waals surface area contributed by atoms with Crippen molar-refractivity contribution in [3.63, 3.8) is 0 Å². The molecule has 0 saturated carbocycles. The number of aliphatic carboxylic acids is 1. The molecule has 1 unspecified atom stereocenters. The summed E-state index contributed by atoms with van der Waals surface area (Å²) < 4.78 is 0. The van der Waals surface area contributed by atoms with Gasteiger partial charge in [-0.25, -0.2) is 4.79 Å². The Morgan fingerprint density at radius 2 is 1.46 bits per heavy atom. The fourth-order valence-electron chi connectivity index (χ4n) is 2.89. The van der Waals surface area contributed by atoms with Crippen LogP contribution in [0.25, 0.3) is 0 Å². The molecule has 2 aromatic carbocycles. The third-order valence-corrected chi connectivity index (χ3v) is 4.35. The van der Waals surface area contributed by atoms with Crippen LogP contribution in [0.2, 0.25) is 0 Å². The maximum Gasteiger partial charge on any atom is 0.326 e. The van der Waals surface area contributed by atoms with Crippen LogP contribution >= 0.6 is 0 Å². The van der Waals surface area contributed by atoms with Gasteiger partial charge in [-0.1, -0.05) is 60.7 Å². The Morgan fingerprint density at radius 1 is 0.885 bits per heavy atom. The largest absolute Gasteiger partial charge is 0.480 e. The third-order valence-electron chi connectivity index (χ3n) is 4.35. The van der Waals surface area contributed by atoms with Crippen molar-refractivity contribution < 1.29 is 19.8 Å². The number of carbonyl (C=O) groups is 2. The SMILES string of the molecule is O=C(N[C@@H](CCO)C(=O)O)C(CCc1ccccc1)Cc1ccccc1. The minimum Gasteiger partial charge on any atom is -0.480 e. The lowest BCUT2D eigenvalue weighted by Gasteiger charge is -2.20. The Hall–Kier alpha value is -2.66. The summed E-state index contributed by atoms with van der Waals surface area (Å²) >= 11 is 0. The molecule has 0 aliphatic rings. The number of carboxylic acid groups (broad SMARTS) is 1. The highest BCUT2D eigenvalue weighted by Crippen LogP contribution is 2.17. The number of aliphatic hydroxyl groups is 1. The Bertz CT molecular complexity index is 688. The van der Waals surface area contributed by atoms with Gasteiger partial charge in [-0.2, -0.15) is 0 Å². The monoisotopic (exact) mass is 355 g/mol. The quantitative estimate of drug-likeness (QED) is 0.611. The molecule has 2 rings (SSSR count). The molecule has 0 aromatic heterocycles.